The Hall–Kier alpha value is -1.56. The fraction of sp³-hybridized carbons (Fsp3) is 0.714. The zero-order valence-corrected chi connectivity index (χ0v) is 11.9. The Morgan fingerprint density at radius 2 is 2.20 bits per heavy atom. The van der Waals surface area contributed by atoms with Crippen molar-refractivity contribution in [3.8, 4) is 0 Å². The second kappa shape index (κ2) is 8.58. The second-order valence-electron chi connectivity index (χ2n) is 5.27. The molecule has 2 heterocycles. The monoisotopic (exact) mass is 280 g/mol. The maximum absolute atomic E-state index is 11.5. The van der Waals surface area contributed by atoms with Crippen LogP contribution in [0.4, 0.5) is 4.79 Å². The van der Waals surface area contributed by atoms with E-state index in [2.05, 4.69) is 20.9 Å². The molecule has 0 radical (unpaired) electrons. The number of piperidine rings is 1. The van der Waals surface area contributed by atoms with Gasteiger partial charge in [-0.3, -0.25) is 0 Å². The maximum Gasteiger partial charge on any atom is 0.315 e. The highest BCUT2D eigenvalue weighted by molar-refractivity contribution is 5.73. The first-order valence-corrected chi connectivity index (χ1v) is 7.44. The van der Waals surface area contributed by atoms with E-state index in [1.165, 1.54) is 32.1 Å². The molecule has 20 heavy (non-hydrogen) atoms. The van der Waals surface area contributed by atoms with Crippen molar-refractivity contribution in [2.75, 3.05) is 19.6 Å². The van der Waals surface area contributed by atoms with Crippen molar-refractivity contribution >= 4 is 6.03 Å². The fourth-order valence-electron chi connectivity index (χ4n) is 2.49. The Bertz CT molecular complexity index is 375. The Balaban J connectivity index is 1.45. The Morgan fingerprint density at radius 3 is 2.95 bits per heavy atom. The molecular weight excluding hydrogens is 256 g/mol. The van der Waals surface area contributed by atoms with Gasteiger partial charge in [-0.05, 0) is 38.3 Å². The number of carbonyl (C=O) groups is 1. The van der Waals surface area contributed by atoms with Crippen LogP contribution in [0.1, 0.15) is 37.9 Å². The van der Waals surface area contributed by atoms with E-state index in [9.17, 15) is 4.79 Å². The Labute approximate surface area is 119 Å². The van der Waals surface area contributed by atoms with Gasteiger partial charge in [0.1, 0.15) is 5.76 Å². The van der Waals surface area contributed by atoms with Crippen molar-refractivity contribution < 1.29 is 9.21 Å². The number of nitrogens with zero attached hydrogens (tertiary/aromatic N) is 1. The number of nitrogens with one attached hydrogen (secondary N) is 3. The summed E-state index contributed by atoms with van der Waals surface area (Å²) < 4.78 is 5.04. The number of hydrogen-bond acceptors (Lipinski definition) is 4. The van der Waals surface area contributed by atoms with Crippen LogP contribution < -0.4 is 16.0 Å². The number of aromatic nitrogens is 1. The largest absolute Gasteiger partial charge is 0.447 e. The van der Waals surface area contributed by atoms with Gasteiger partial charge in [-0.25, -0.2) is 9.78 Å². The summed E-state index contributed by atoms with van der Waals surface area (Å²) in [5.74, 6) is 1.53. The highest BCUT2D eigenvalue weighted by Gasteiger charge is 2.12. The lowest BCUT2D eigenvalue weighted by Gasteiger charge is -2.22. The van der Waals surface area contributed by atoms with Gasteiger partial charge in [0.25, 0.3) is 0 Å². The van der Waals surface area contributed by atoms with Crippen LogP contribution in [0.3, 0.4) is 0 Å². The van der Waals surface area contributed by atoms with Gasteiger partial charge in [-0.2, -0.15) is 0 Å². The molecule has 6 heteroatoms. The third-order valence-electron chi connectivity index (χ3n) is 3.69. The standard InChI is InChI=1S/C14H24N4O2/c19-14(18-10-13-9-16-11-20-13)17-6-2-1-3-12-4-7-15-8-5-12/h9,11-12,15H,1-8,10H2,(H2,17,18,19). The molecule has 3 N–H and O–H groups in total. The molecule has 0 bridgehead atoms. The highest BCUT2D eigenvalue weighted by Crippen LogP contribution is 2.18. The van der Waals surface area contributed by atoms with E-state index in [-0.39, 0.29) is 6.03 Å². The smallest absolute Gasteiger partial charge is 0.315 e. The van der Waals surface area contributed by atoms with Gasteiger partial charge in [0, 0.05) is 6.54 Å². The fourth-order valence-corrected chi connectivity index (χ4v) is 2.49. The summed E-state index contributed by atoms with van der Waals surface area (Å²) in [6, 6.07) is -0.150. The van der Waals surface area contributed by atoms with E-state index >= 15 is 0 Å². The molecule has 1 aromatic heterocycles. The highest BCUT2D eigenvalue weighted by atomic mass is 16.3. The Kier molecular flexibility index (Phi) is 6.37. The molecule has 0 aromatic carbocycles. The molecule has 0 atom stereocenters. The average Bonchev–Trinajstić information content (AvgIpc) is 2.99. The van der Waals surface area contributed by atoms with E-state index in [1.54, 1.807) is 6.20 Å². The number of hydrogen-bond donors (Lipinski definition) is 3. The number of rotatable bonds is 7. The average molecular weight is 280 g/mol. The molecular formula is C14H24N4O2. The summed E-state index contributed by atoms with van der Waals surface area (Å²) >= 11 is 0. The van der Waals surface area contributed by atoms with E-state index < -0.39 is 0 Å². The SMILES string of the molecule is O=C(NCCCCC1CCNCC1)NCc1cnco1. The minimum Gasteiger partial charge on any atom is -0.447 e. The zero-order chi connectivity index (χ0) is 14.0. The molecule has 1 aromatic rings. The molecule has 0 unspecified atom stereocenters. The third-order valence-corrected chi connectivity index (χ3v) is 3.69. The van der Waals surface area contributed by atoms with Gasteiger partial charge in [-0.15, -0.1) is 0 Å². The van der Waals surface area contributed by atoms with Crippen LogP contribution in [0, 0.1) is 5.92 Å². The topological polar surface area (TPSA) is 79.2 Å². The maximum atomic E-state index is 11.5. The minimum absolute atomic E-state index is 0.150. The first-order chi connectivity index (χ1) is 9.84. The first-order valence-electron chi connectivity index (χ1n) is 7.44. The van der Waals surface area contributed by atoms with Gasteiger partial charge in [0.15, 0.2) is 6.39 Å². The van der Waals surface area contributed by atoms with E-state index in [4.69, 9.17) is 4.42 Å². The molecule has 112 valence electrons. The van der Waals surface area contributed by atoms with Crippen molar-refractivity contribution in [2.24, 2.45) is 5.92 Å². The molecule has 1 fully saturated rings. The summed E-state index contributed by atoms with van der Waals surface area (Å²) in [4.78, 5) is 15.3. The summed E-state index contributed by atoms with van der Waals surface area (Å²) in [5, 5.41) is 8.97. The first kappa shape index (κ1) is 14.8. The van der Waals surface area contributed by atoms with Gasteiger partial charge in [0.2, 0.25) is 0 Å². The number of urea groups is 1. The van der Waals surface area contributed by atoms with Crippen molar-refractivity contribution in [2.45, 2.75) is 38.6 Å². The van der Waals surface area contributed by atoms with Crippen LogP contribution >= 0.6 is 0 Å². The van der Waals surface area contributed by atoms with Crippen LogP contribution in [-0.2, 0) is 6.54 Å². The number of carbonyl (C=O) groups excluding carboxylic acids is 1. The zero-order valence-electron chi connectivity index (χ0n) is 11.9. The molecule has 1 saturated heterocycles. The molecule has 0 spiro atoms. The summed E-state index contributed by atoms with van der Waals surface area (Å²) in [6.45, 7) is 3.42. The van der Waals surface area contributed by atoms with Gasteiger partial charge < -0.3 is 20.4 Å². The molecule has 0 saturated carbocycles. The number of amides is 2. The molecule has 1 aliphatic heterocycles. The lowest BCUT2D eigenvalue weighted by molar-refractivity contribution is 0.239. The third kappa shape index (κ3) is 5.61. The van der Waals surface area contributed by atoms with Crippen LogP contribution in [0.25, 0.3) is 0 Å². The van der Waals surface area contributed by atoms with Crippen molar-refractivity contribution in [1.82, 2.24) is 20.9 Å². The summed E-state index contributed by atoms with van der Waals surface area (Å²) in [7, 11) is 0. The molecule has 0 aliphatic carbocycles. The van der Waals surface area contributed by atoms with Gasteiger partial charge in [0.05, 0.1) is 12.7 Å². The number of oxazole rings is 1. The van der Waals surface area contributed by atoms with Crippen LogP contribution in [0.2, 0.25) is 0 Å². The predicted octanol–water partition coefficient (Wildman–Crippen LogP) is 1.64. The second-order valence-corrected chi connectivity index (χ2v) is 5.27. The summed E-state index contributed by atoms with van der Waals surface area (Å²) in [6.07, 6.45) is 9.06. The lowest BCUT2D eigenvalue weighted by Crippen LogP contribution is -2.35. The van der Waals surface area contributed by atoms with E-state index in [0.717, 1.165) is 32.0 Å². The lowest BCUT2D eigenvalue weighted by atomic mass is 9.92. The van der Waals surface area contributed by atoms with Crippen molar-refractivity contribution in [1.29, 1.82) is 0 Å². The van der Waals surface area contributed by atoms with E-state index in [0.29, 0.717) is 12.3 Å². The van der Waals surface area contributed by atoms with Gasteiger partial charge in [-0.1, -0.05) is 12.8 Å². The van der Waals surface area contributed by atoms with Gasteiger partial charge >= 0.3 is 6.03 Å². The minimum atomic E-state index is -0.150. The number of unbranched alkanes of at least 4 members (excludes halogenated alkanes) is 1. The van der Waals surface area contributed by atoms with Crippen LogP contribution in [0.5, 0.6) is 0 Å². The van der Waals surface area contributed by atoms with Crippen LogP contribution in [-0.4, -0.2) is 30.6 Å². The normalized spacial score (nSPS) is 16.0. The Morgan fingerprint density at radius 1 is 1.35 bits per heavy atom. The van der Waals surface area contributed by atoms with Crippen molar-refractivity contribution in [3.05, 3.63) is 18.4 Å². The van der Waals surface area contributed by atoms with Crippen LogP contribution in [0.15, 0.2) is 17.0 Å². The molecule has 1 aliphatic rings. The van der Waals surface area contributed by atoms with E-state index in [1.807, 2.05) is 0 Å². The molecule has 2 amide bonds. The van der Waals surface area contributed by atoms with Crippen molar-refractivity contribution in [3.63, 3.8) is 0 Å². The predicted molar refractivity (Wildman–Crippen MR) is 76.2 cm³/mol. The quantitative estimate of drug-likeness (QED) is 0.663. The molecule has 6 nitrogen and oxygen atoms in total. The molecule has 2 rings (SSSR count). The summed E-state index contributed by atoms with van der Waals surface area (Å²) in [5.41, 5.74) is 0.